The fraction of sp³-hybridized carbons (Fsp3) is 0.308. The van der Waals surface area contributed by atoms with Gasteiger partial charge >= 0.3 is 5.97 Å². The van der Waals surface area contributed by atoms with Gasteiger partial charge in [0.25, 0.3) is 0 Å². The Labute approximate surface area is 105 Å². The van der Waals surface area contributed by atoms with Crippen molar-refractivity contribution in [2.75, 3.05) is 5.33 Å². The first kappa shape index (κ1) is 14.9. The Morgan fingerprint density at radius 1 is 1.31 bits per heavy atom. The van der Waals surface area contributed by atoms with Crippen LogP contribution in [-0.4, -0.2) is 11.3 Å². The maximum atomic E-state index is 10.7. The zero-order valence-electron chi connectivity index (χ0n) is 9.70. The molecule has 88 valence electrons. The van der Waals surface area contributed by atoms with Gasteiger partial charge < -0.3 is 4.74 Å². The molecule has 3 heteroatoms. The lowest BCUT2D eigenvalue weighted by molar-refractivity contribution is -0.141. The molecular weight excluding hydrogens is 268 g/mol. The van der Waals surface area contributed by atoms with Gasteiger partial charge in [0.1, 0.15) is 11.9 Å². The van der Waals surface area contributed by atoms with Crippen LogP contribution in [0.15, 0.2) is 42.5 Å². The van der Waals surface area contributed by atoms with Crippen LogP contribution in [0.25, 0.3) is 0 Å². The molecule has 0 fully saturated rings. The first-order valence-electron chi connectivity index (χ1n) is 4.94. The van der Waals surface area contributed by atoms with Crippen molar-refractivity contribution >= 4 is 21.9 Å². The fourth-order valence-corrected chi connectivity index (χ4v) is 0.939. The van der Waals surface area contributed by atoms with E-state index >= 15 is 0 Å². The molecule has 2 nitrogen and oxygen atoms in total. The zero-order valence-corrected chi connectivity index (χ0v) is 11.3. The van der Waals surface area contributed by atoms with E-state index < -0.39 is 0 Å². The number of halogens is 1. The quantitative estimate of drug-likeness (QED) is 0.481. The van der Waals surface area contributed by atoms with Crippen LogP contribution in [0.4, 0.5) is 0 Å². The summed E-state index contributed by atoms with van der Waals surface area (Å²) in [5.74, 6) is -0.237. The van der Waals surface area contributed by atoms with Crippen LogP contribution in [-0.2, 0) is 16.1 Å². The minimum atomic E-state index is -0.237. The lowest BCUT2D eigenvalue weighted by atomic mass is 10.2. The number of hydrogen-bond acceptors (Lipinski definition) is 2. The Balaban J connectivity index is 0.000000487. The van der Waals surface area contributed by atoms with E-state index in [1.165, 1.54) is 5.57 Å². The molecule has 16 heavy (non-hydrogen) atoms. The molecule has 0 amide bonds. The molecule has 0 heterocycles. The predicted molar refractivity (Wildman–Crippen MR) is 70.5 cm³/mol. The van der Waals surface area contributed by atoms with Gasteiger partial charge in [0, 0.05) is 0 Å². The lowest BCUT2D eigenvalue weighted by Crippen LogP contribution is -2.04. The minimum absolute atomic E-state index is 0.237. The van der Waals surface area contributed by atoms with E-state index in [2.05, 4.69) is 22.5 Å². The molecule has 0 bridgehead atoms. The molecule has 0 aliphatic carbocycles. The molecule has 0 saturated heterocycles. The van der Waals surface area contributed by atoms with Gasteiger partial charge in [-0.2, -0.15) is 0 Å². The number of carbonyl (C=O) groups excluding carboxylic acids is 1. The largest absolute Gasteiger partial charge is 0.460 e. The lowest BCUT2D eigenvalue weighted by Gasteiger charge is -2.01. The van der Waals surface area contributed by atoms with E-state index in [0.717, 1.165) is 5.56 Å². The molecule has 1 aromatic rings. The summed E-state index contributed by atoms with van der Waals surface area (Å²) in [4.78, 5) is 10.7. The number of esters is 1. The number of ether oxygens (including phenoxy) is 1. The minimum Gasteiger partial charge on any atom is -0.460 e. The van der Waals surface area contributed by atoms with Crippen LogP contribution >= 0.6 is 15.9 Å². The van der Waals surface area contributed by atoms with Crippen LogP contribution in [0.3, 0.4) is 0 Å². The molecule has 1 aromatic carbocycles. The average molecular weight is 285 g/mol. The van der Waals surface area contributed by atoms with E-state index in [-0.39, 0.29) is 11.3 Å². The van der Waals surface area contributed by atoms with E-state index in [9.17, 15) is 4.79 Å². The second-order valence-corrected chi connectivity index (χ2v) is 4.05. The van der Waals surface area contributed by atoms with Gasteiger partial charge in [0.15, 0.2) is 0 Å². The molecule has 0 aliphatic rings. The highest BCUT2D eigenvalue weighted by Gasteiger charge is 1.98. The molecule has 0 radical (unpaired) electrons. The molecule has 0 atom stereocenters. The monoisotopic (exact) mass is 284 g/mol. The number of carbonyl (C=O) groups is 1. The molecule has 0 saturated carbocycles. The van der Waals surface area contributed by atoms with Crippen molar-refractivity contribution in [3.05, 3.63) is 48.0 Å². The third-order valence-corrected chi connectivity index (χ3v) is 1.81. The second kappa shape index (κ2) is 9.16. The number of rotatable bonds is 3. The Morgan fingerprint density at radius 3 is 2.25 bits per heavy atom. The maximum Gasteiger partial charge on any atom is 0.316 e. The van der Waals surface area contributed by atoms with Crippen LogP contribution in [0.5, 0.6) is 0 Å². The van der Waals surface area contributed by atoms with Crippen molar-refractivity contribution in [1.82, 2.24) is 0 Å². The van der Waals surface area contributed by atoms with Crippen LogP contribution < -0.4 is 0 Å². The topological polar surface area (TPSA) is 26.3 Å². The summed E-state index contributed by atoms with van der Waals surface area (Å²) in [6, 6.07) is 9.59. The van der Waals surface area contributed by atoms with E-state index in [1.54, 1.807) is 0 Å². The van der Waals surface area contributed by atoms with Gasteiger partial charge in [-0.25, -0.2) is 0 Å². The summed E-state index contributed by atoms with van der Waals surface area (Å²) in [6.45, 7) is 7.85. The number of benzene rings is 1. The molecule has 1 rings (SSSR count). The third kappa shape index (κ3) is 9.46. The van der Waals surface area contributed by atoms with Gasteiger partial charge in [0.2, 0.25) is 0 Å². The summed E-state index contributed by atoms with van der Waals surface area (Å²) in [5, 5.41) is 0.250. The normalized spacial score (nSPS) is 8.69. The highest BCUT2D eigenvalue weighted by molar-refractivity contribution is 9.09. The summed E-state index contributed by atoms with van der Waals surface area (Å²) >= 11 is 3.01. The van der Waals surface area contributed by atoms with Crippen LogP contribution in [0.2, 0.25) is 0 Å². The van der Waals surface area contributed by atoms with Crippen molar-refractivity contribution < 1.29 is 9.53 Å². The summed E-state index contributed by atoms with van der Waals surface area (Å²) in [5.41, 5.74) is 2.17. The fourth-order valence-electron chi connectivity index (χ4n) is 0.777. The van der Waals surface area contributed by atoms with E-state index in [4.69, 9.17) is 4.74 Å². The van der Waals surface area contributed by atoms with E-state index in [0.29, 0.717) is 6.61 Å². The predicted octanol–water partition coefficient (Wildman–Crippen LogP) is 3.71. The highest BCUT2D eigenvalue weighted by Crippen LogP contribution is 2.00. The van der Waals surface area contributed by atoms with Crippen molar-refractivity contribution in [2.24, 2.45) is 0 Å². The average Bonchev–Trinajstić information content (AvgIpc) is 2.26. The van der Waals surface area contributed by atoms with Crippen LogP contribution in [0.1, 0.15) is 19.4 Å². The van der Waals surface area contributed by atoms with Crippen molar-refractivity contribution in [3.63, 3.8) is 0 Å². The van der Waals surface area contributed by atoms with Gasteiger partial charge in [0.05, 0.1) is 0 Å². The summed E-state index contributed by atoms with van der Waals surface area (Å²) in [7, 11) is 0. The molecule has 0 aliphatic heterocycles. The Hall–Kier alpha value is -1.09. The van der Waals surface area contributed by atoms with Crippen molar-refractivity contribution in [1.29, 1.82) is 0 Å². The maximum absolute atomic E-state index is 10.7. The van der Waals surface area contributed by atoms with Gasteiger partial charge in [-0.15, -0.1) is 6.58 Å². The molecule has 0 spiro atoms. The third-order valence-electron chi connectivity index (χ3n) is 1.35. The van der Waals surface area contributed by atoms with Crippen molar-refractivity contribution in [2.45, 2.75) is 20.5 Å². The Bertz CT molecular complexity index is 316. The molecule has 0 N–H and O–H groups in total. The SMILES string of the molecule is C=C(C)C.O=C(CBr)OCc1ccccc1. The van der Waals surface area contributed by atoms with Gasteiger partial charge in [-0.1, -0.05) is 51.8 Å². The second-order valence-electron chi connectivity index (χ2n) is 3.49. The van der Waals surface area contributed by atoms with Crippen molar-refractivity contribution in [3.8, 4) is 0 Å². The number of allylic oxidation sites excluding steroid dienone is 1. The number of hydrogen-bond donors (Lipinski definition) is 0. The standard InChI is InChI=1S/C9H9BrO2.C4H8/c10-6-9(11)12-7-8-4-2-1-3-5-8;1-4(2)3/h1-5H,6-7H2;1H2,2-3H3. The van der Waals surface area contributed by atoms with Gasteiger partial charge in [-0.05, 0) is 19.4 Å². The summed E-state index contributed by atoms with van der Waals surface area (Å²) < 4.78 is 4.89. The highest BCUT2D eigenvalue weighted by atomic mass is 79.9. The first-order chi connectivity index (χ1) is 7.56. The Kier molecular flexibility index (Phi) is 8.53. The van der Waals surface area contributed by atoms with Crippen LogP contribution in [0, 0.1) is 0 Å². The summed E-state index contributed by atoms with van der Waals surface area (Å²) in [6.07, 6.45) is 0. The van der Waals surface area contributed by atoms with Gasteiger partial charge in [-0.3, -0.25) is 4.79 Å². The number of alkyl halides is 1. The zero-order chi connectivity index (χ0) is 12.4. The first-order valence-corrected chi connectivity index (χ1v) is 6.06. The molecule has 0 aromatic heterocycles. The smallest absolute Gasteiger partial charge is 0.316 e. The Morgan fingerprint density at radius 2 is 1.81 bits per heavy atom. The molecular formula is C13H17BrO2. The van der Waals surface area contributed by atoms with E-state index in [1.807, 2.05) is 44.2 Å². The molecule has 0 unspecified atom stereocenters.